The van der Waals surface area contributed by atoms with Gasteiger partial charge in [-0.25, -0.2) is 0 Å². The number of anilines is 1. The van der Waals surface area contributed by atoms with Crippen LogP contribution in [0.3, 0.4) is 0 Å². The van der Waals surface area contributed by atoms with E-state index in [9.17, 15) is 5.26 Å². The molecule has 3 aromatic rings. The van der Waals surface area contributed by atoms with Crippen LogP contribution in [0.5, 0.6) is 0 Å². The average molecular weight is 342 g/mol. The van der Waals surface area contributed by atoms with Crippen molar-refractivity contribution in [3.63, 3.8) is 0 Å². The molecule has 5 heteroatoms. The molecule has 0 amide bonds. The van der Waals surface area contributed by atoms with Crippen LogP contribution in [-0.4, -0.2) is 4.98 Å². The number of para-hydroxylation sites is 1. The Hall–Kier alpha value is -2.28. The van der Waals surface area contributed by atoms with Gasteiger partial charge in [0.25, 0.3) is 0 Å². The normalized spacial score (nSPS) is 10.5. The summed E-state index contributed by atoms with van der Waals surface area (Å²) in [5.41, 5.74) is 4.11. The van der Waals surface area contributed by atoms with Crippen LogP contribution < -0.4 is 5.32 Å². The quantitative estimate of drug-likeness (QED) is 0.699. The van der Waals surface area contributed by atoms with Crippen LogP contribution in [0.15, 0.2) is 42.5 Å². The van der Waals surface area contributed by atoms with Gasteiger partial charge in [0, 0.05) is 23.3 Å². The van der Waals surface area contributed by atoms with Gasteiger partial charge in [-0.2, -0.15) is 5.26 Å². The second-order valence-electron chi connectivity index (χ2n) is 5.23. The van der Waals surface area contributed by atoms with Crippen LogP contribution in [0.25, 0.3) is 10.9 Å². The molecule has 2 aromatic carbocycles. The molecule has 0 aliphatic heterocycles. The largest absolute Gasteiger partial charge is 0.380 e. The van der Waals surface area contributed by atoms with E-state index in [1.165, 1.54) is 0 Å². The van der Waals surface area contributed by atoms with E-state index in [1.807, 2.05) is 37.3 Å². The number of benzene rings is 2. The smallest absolute Gasteiger partial charge is 0.101 e. The second kappa shape index (κ2) is 6.45. The van der Waals surface area contributed by atoms with Gasteiger partial charge in [-0.1, -0.05) is 41.4 Å². The zero-order valence-electron chi connectivity index (χ0n) is 12.4. The summed E-state index contributed by atoms with van der Waals surface area (Å²) in [4.78, 5) is 4.49. The maximum Gasteiger partial charge on any atom is 0.101 e. The zero-order chi connectivity index (χ0) is 16.4. The summed E-state index contributed by atoms with van der Waals surface area (Å²) in [5, 5.41) is 14.6. The van der Waals surface area contributed by atoms with Gasteiger partial charge in [0.15, 0.2) is 0 Å². The third-order valence-corrected chi connectivity index (χ3v) is 4.29. The minimum absolute atomic E-state index is 0.536. The molecule has 0 fully saturated rings. The summed E-state index contributed by atoms with van der Waals surface area (Å²) in [6.07, 6.45) is 0. The van der Waals surface area contributed by atoms with Crippen molar-refractivity contribution in [2.75, 3.05) is 5.32 Å². The van der Waals surface area contributed by atoms with Crippen molar-refractivity contribution >= 4 is 39.8 Å². The van der Waals surface area contributed by atoms with Crippen LogP contribution in [-0.2, 0) is 6.54 Å². The SMILES string of the molecule is Cc1cc(NCc2ccc(Cl)c(Cl)c2)c2cccc(C#N)c2n1. The van der Waals surface area contributed by atoms with Crippen molar-refractivity contribution in [3.8, 4) is 6.07 Å². The predicted molar refractivity (Wildman–Crippen MR) is 95.0 cm³/mol. The number of aromatic nitrogens is 1. The van der Waals surface area contributed by atoms with E-state index in [0.717, 1.165) is 22.3 Å². The number of fused-ring (bicyclic) bond motifs is 1. The fraction of sp³-hybridized carbons (Fsp3) is 0.111. The molecule has 0 aliphatic carbocycles. The monoisotopic (exact) mass is 341 g/mol. The molecule has 23 heavy (non-hydrogen) atoms. The fourth-order valence-electron chi connectivity index (χ4n) is 2.46. The van der Waals surface area contributed by atoms with Crippen molar-refractivity contribution in [2.24, 2.45) is 0 Å². The van der Waals surface area contributed by atoms with Crippen LogP contribution in [0.1, 0.15) is 16.8 Å². The molecule has 1 heterocycles. The standard InChI is InChI=1S/C18H13Cl2N3/c1-11-7-17(14-4-2-3-13(9-21)18(14)23-11)22-10-12-5-6-15(19)16(20)8-12/h2-8H,10H2,1H3,(H,22,23). The number of hydrogen-bond donors (Lipinski definition) is 1. The number of nitrogens with one attached hydrogen (secondary N) is 1. The molecule has 114 valence electrons. The van der Waals surface area contributed by atoms with E-state index in [0.29, 0.717) is 27.7 Å². The van der Waals surface area contributed by atoms with Crippen LogP contribution in [0.2, 0.25) is 10.0 Å². The van der Waals surface area contributed by atoms with E-state index in [2.05, 4.69) is 16.4 Å². The third-order valence-electron chi connectivity index (χ3n) is 3.56. The van der Waals surface area contributed by atoms with E-state index < -0.39 is 0 Å². The Labute approximate surface area is 144 Å². The molecule has 0 radical (unpaired) electrons. The number of pyridine rings is 1. The summed E-state index contributed by atoms with van der Waals surface area (Å²) in [5.74, 6) is 0. The summed E-state index contributed by atoms with van der Waals surface area (Å²) in [7, 11) is 0. The highest BCUT2D eigenvalue weighted by Crippen LogP contribution is 2.27. The van der Waals surface area contributed by atoms with E-state index in [1.54, 1.807) is 12.1 Å². The predicted octanol–water partition coefficient (Wildman–Crippen LogP) is 5.33. The molecule has 3 nitrogen and oxygen atoms in total. The lowest BCUT2D eigenvalue weighted by Crippen LogP contribution is -2.02. The first-order valence-corrected chi connectivity index (χ1v) is 7.82. The Balaban J connectivity index is 1.97. The molecule has 1 N–H and O–H groups in total. The van der Waals surface area contributed by atoms with E-state index in [4.69, 9.17) is 23.2 Å². The molecule has 0 spiro atoms. The number of nitriles is 1. The van der Waals surface area contributed by atoms with Gasteiger partial charge in [-0.05, 0) is 36.8 Å². The minimum atomic E-state index is 0.536. The molecule has 0 saturated carbocycles. The lowest BCUT2D eigenvalue weighted by Gasteiger charge is -2.12. The molecular weight excluding hydrogens is 329 g/mol. The zero-order valence-corrected chi connectivity index (χ0v) is 13.9. The van der Waals surface area contributed by atoms with Gasteiger partial charge in [0.2, 0.25) is 0 Å². The third kappa shape index (κ3) is 3.24. The summed E-state index contributed by atoms with van der Waals surface area (Å²) in [6, 6.07) is 15.3. The second-order valence-corrected chi connectivity index (χ2v) is 6.04. The van der Waals surface area contributed by atoms with Gasteiger partial charge in [-0.3, -0.25) is 4.98 Å². The Kier molecular flexibility index (Phi) is 4.38. The van der Waals surface area contributed by atoms with Gasteiger partial charge >= 0.3 is 0 Å². The highest BCUT2D eigenvalue weighted by molar-refractivity contribution is 6.42. The van der Waals surface area contributed by atoms with Gasteiger partial charge in [-0.15, -0.1) is 0 Å². The summed E-state index contributed by atoms with van der Waals surface area (Å²) >= 11 is 12.0. The van der Waals surface area contributed by atoms with Crippen molar-refractivity contribution < 1.29 is 0 Å². The molecule has 0 aliphatic rings. The van der Waals surface area contributed by atoms with Gasteiger partial charge < -0.3 is 5.32 Å². The highest BCUT2D eigenvalue weighted by atomic mass is 35.5. The highest BCUT2D eigenvalue weighted by Gasteiger charge is 2.08. The minimum Gasteiger partial charge on any atom is -0.380 e. The van der Waals surface area contributed by atoms with Crippen LogP contribution >= 0.6 is 23.2 Å². The van der Waals surface area contributed by atoms with Crippen LogP contribution in [0, 0.1) is 18.3 Å². The first-order chi connectivity index (χ1) is 11.1. The van der Waals surface area contributed by atoms with Gasteiger partial charge in [0.05, 0.1) is 21.1 Å². The van der Waals surface area contributed by atoms with E-state index >= 15 is 0 Å². The van der Waals surface area contributed by atoms with Gasteiger partial charge in [0.1, 0.15) is 6.07 Å². The molecule has 1 aromatic heterocycles. The average Bonchev–Trinajstić information content (AvgIpc) is 2.55. The molecular formula is C18H13Cl2N3. The Morgan fingerprint density at radius 2 is 1.96 bits per heavy atom. The number of halogens is 2. The number of nitrogens with zero attached hydrogens (tertiary/aromatic N) is 2. The molecule has 0 atom stereocenters. The fourth-order valence-corrected chi connectivity index (χ4v) is 2.78. The Morgan fingerprint density at radius 3 is 2.70 bits per heavy atom. The maximum absolute atomic E-state index is 9.24. The molecule has 0 bridgehead atoms. The lowest BCUT2D eigenvalue weighted by atomic mass is 10.1. The first kappa shape index (κ1) is 15.6. The van der Waals surface area contributed by atoms with Crippen LogP contribution in [0.4, 0.5) is 5.69 Å². The van der Waals surface area contributed by atoms with Crippen molar-refractivity contribution in [2.45, 2.75) is 13.5 Å². The maximum atomic E-state index is 9.24. The number of hydrogen-bond acceptors (Lipinski definition) is 3. The summed E-state index contributed by atoms with van der Waals surface area (Å²) in [6.45, 7) is 2.52. The number of rotatable bonds is 3. The van der Waals surface area contributed by atoms with E-state index in [-0.39, 0.29) is 0 Å². The topological polar surface area (TPSA) is 48.7 Å². The van der Waals surface area contributed by atoms with Crippen molar-refractivity contribution in [1.82, 2.24) is 4.98 Å². The lowest BCUT2D eigenvalue weighted by molar-refractivity contribution is 1.14. The molecule has 0 unspecified atom stereocenters. The molecule has 3 rings (SSSR count). The number of aryl methyl sites for hydroxylation is 1. The molecule has 0 saturated heterocycles. The Morgan fingerprint density at radius 1 is 1.13 bits per heavy atom. The summed E-state index contributed by atoms with van der Waals surface area (Å²) < 4.78 is 0. The Bertz CT molecular complexity index is 929. The van der Waals surface area contributed by atoms with Crippen molar-refractivity contribution in [1.29, 1.82) is 5.26 Å². The van der Waals surface area contributed by atoms with Crippen molar-refractivity contribution in [3.05, 3.63) is 69.3 Å². The first-order valence-electron chi connectivity index (χ1n) is 7.07.